The first-order valence-electron chi connectivity index (χ1n) is 8.72. The zero-order valence-electron chi connectivity index (χ0n) is 14.8. The molecular formula is C20H23Cl2NO3. The summed E-state index contributed by atoms with van der Waals surface area (Å²) in [7, 11) is 1.63. The molecule has 0 saturated carbocycles. The minimum Gasteiger partial charge on any atom is -0.493 e. The van der Waals surface area contributed by atoms with Crippen LogP contribution in [0.4, 0.5) is 0 Å². The van der Waals surface area contributed by atoms with Gasteiger partial charge in [0.25, 0.3) is 0 Å². The van der Waals surface area contributed by atoms with Gasteiger partial charge in [-0.15, -0.1) is 0 Å². The Kier molecular flexibility index (Phi) is 7.03. The van der Waals surface area contributed by atoms with E-state index in [1.54, 1.807) is 19.2 Å². The largest absolute Gasteiger partial charge is 0.493 e. The van der Waals surface area contributed by atoms with Crippen LogP contribution in [0.15, 0.2) is 36.4 Å². The third kappa shape index (κ3) is 5.04. The fourth-order valence-electron chi connectivity index (χ4n) is 2.94. The van der Waals surface area contributed by atoms with Crippen molar-refractivity contribution in [1.29, 1.82) is 0 Å². The van der Waals surface area contributed by atoms with Crippen LogP contribution in [0.2, 0.25) is 10.0 Å². The molecule has 0 spiro atoms. The topological polar surface area (TPSA) is 39.7 Å². The second-order valence-electron chi connectivity index (χ2n) is 6.24. The van der Waals surface area contributed by atoms with Crippen molar-refractivity contribution in [1.82, 2.24) is 5.32 Å². The number of halogens is 2. The van der Waals surface area contributed by atoms with Crippen LogP contribution in [0.3, 0.4) is 0 Å². The van der Waals surface area contributed by atoms with Gasteiger partial charge in [0, 0.05) is 35.3 Å². The summed E-state index contributed by atoms with van der Waals surface area (Å²) in [5.74, 6) is 1.34. The average Bonchev–Trinajstić information content (AvgIpc) is 3.15. The van der Waals surface area contributed by atoms with Gasteiger partial charge in [-0.05, 0) is 42.7 Å². The molecule has 2 aromatic rings. The number of hydrogen-bond acceptors (Lipinski definition) is 4. The Morgan fingerprint density at radius 3 is 2.65 bits per heavy atom. The number of ether oxygens (including phenoxy) is 3. The summed E-state index contributed by atoms with van der Waals surface area (Å²) in [6.45, 7) is 2.78. The fraction of sp³-hybridized carbons (Fsp3) is 0.400. The van der Waals surface area contributed by atoms with E-state index in [4.69, 9.17) is 37.4 Å². The van der Waals surface area contributed by atoms with Crippen molar-refractivity contribution in [3.05, 3.63) is 57.6 Å². The van der Waals surface area contributed by atoms with E-state index < -0.39 is 0 Å². The van der Waals surface area contributed by atoms with E-state index in [2.05, 4.69) is 5.32 Å². The van der Waals surface area contributed by atoms with Crippen LogP contribution in [0.25, 0.3) is 0 Å². The van der Waals surface area contributed by atoms with Gasteiger partial charge >= 0.3 is 0 Å². The van der Waals surface area contributed by atoms with Crippen LogP contribution in [0.5, 0.6) is 11.5 Å². The van der Waals surface area contributed by atoms with Crippen LogP contribution < -0.4 is 14.8 Å². The Balaban J connectivity index is 1.59. The normalized spacial score (nSPS) is 16.7. The van der Waals surface area contributed by atoms with Gasteiger partial charge in [-0.1, -0.05) is 35.3 Å². The SMILES string of the molecule is COc1cc(CNC[C@@H]2CCCO2)ccc1OCc1c(Cl)cccc1Cl. The highest BCUT2D eigenvalue weighted by molar-refractivity contribution is 6.35. The van der Waals surface area contributed by atoms with E-state index in [0.29, 0.717) is 27.6 Å². The second kappa shape index (κ2) is 9.47. The average molecular weight is 396 g/mol. The molecule has 0 bridgehead atoms. The highest BCUT2D eigenvalue weighted by Gasteiger charge is 2.15. The summed E-state index contributed by atoms with van der Waals surface area (Å²) < 4.78 is 17.0. The van der Waals surface area contributed by atoms with Crippen LogP contribution in [0, 0.1) is 0 Å². The molecule has 0 radical (unpaired) electrons. The summed E-state index contributed by atoms with van der Waals surface area (Å²) in [5.41, 5.74) is 1.89. The summed E-state index contributed by atoms with van der Waals surface area (Å²) in [4.78, 5) is 0. The summed E-state index contributed by atoms with van der Waals surface area (Å²) in [5, 5.41) is 4.61. The maximum absolute atomic E-state index is 6.19. The number of benzene rings is 2. The Bertz CT molecular complexity index is 713. The smallest absolute Gasteiger partial charge is 0.161 e. The zero-order chi connectivity index (χ0) is 18.4. The number of rotatable bonds is 8. The van der Waals surface area contributed by atoms with Gasteiger partial charge in [0.05, 0.1) is 13.2 Å². The quantitative estimate of drug-likeness (QED) is 0.693. The molecule has 1 heterocycles. The van der Waals surface area contributed by atoms with Crippen molar-refractivity contribution in [2.45, 2.75) is 32.1 Å². The molecule has 3 rings (SSSR count). The summed E-state index contributed by atoms with van der Waals surface area (Å²) in [6.07, 6.45) is 2.62. The third-order valence-electron chi connectivity index (χ3n) is 4.39. The molecule has 1 N–H and O–H groups in total. The molecule has 140 valence electrons. The summed E-state index contributed by atoms with van der Waals surface area (Å²) >= 11 is 12.4. The standard InChI is InChI=1S/C20H23Cl2NO3/c1-24-20-10-14(11-23-12-15-4-3-9-25-15)7-8-19(20)26-13-16-17(21)5-2-6-18(16)22/h2,5-8,10,15,23H,3-4,9,11-13H2,1H3/t15-/m0/s1. The van der Waals surface area contributed by atoms with E-state index in [-0.39, 0.29) is 6.61 Å². The lowest BCUT2D eigenvalue weighted by Gasteiger charge is -2.15. The molecular weight excluding hydrogens is 373 g/mol. The molecule has 1 aliphatic heterocycles. The number of nitrogens with one attached hydrogen (secondary N) is 1. The predicted octanol–water partition coefficient (Wildman–Crippen LogP) is 4.85. The van der Waals surface area contributed by atoms with Gasteiger partial charge in [-0.3, -0.25) is 0 Å². The maximum atomic E-state index is 6.19. The highest BCUT2D eigenvalue weighted by atomic mass is 35.5. The lowest BCUT2D eigenvalue weighted by molar-refractivity contribution is 0.110. The highest BCUT2D eigenvalue weighted by Crippen LogP contribution is 2.31. The lowest BCUT2D eigenvalue weighted by atomic mass is 10.2. The first-order chi connectivity index (χ1) is 12.7. The van der Waals surface area contributed by atoms with Crippen LogP contribution in [-0.4, -0.2) is 26.4 Å². The molecule has 4 nitrogen and oxygen atoms in total. The first-order valence-corrected chi connectivity index (χ1v) is 9.48. The van der Waals surface area contributed by atoms with Crippen LogP contribution in [0.1, 0.15) is 24.0 Å². The van der Waals surface area contributed by atoms with E-state index in [1.165, 1.54) is 0 Å². The molecule has 2 aromatic carbocycles. The molecule has 26 heavy (non-hydrogen) atoms. The molecule has 0 aliphatic carbocycles. The number of hydrogen-bond donors (Lipinski definition) is 1. The van der Waals surface area contributed by atoms with Crippen molar-refractivity contribution in [3.63, 3.8) is 0 Å². The molecule has 6 heteroatoms. The molecule has 0 unspecified atom stereocenters. The Labute approximate surface area is 164 Å². The Morgan fingerprint density at radius 1 is 1.15 bits per heavy atom. The monoisotopic (exact) mass is 395 g/mol. The van der Waals surface area contributed by atoms with Crippen molar-refractivity contribution in [2.75, 3.05) is 20.3 Å². The molecule has 1 fully saturated rings. The Hall–Kier alpha value is -1.46. The van der Waals surface area contributed by atoms with Crippen molar-refractivity contribution < 1.29 is 14.2 Å². The van der Waals surface area contributed by atoms with Gasteiger partial charge in [-0.2, -0.15) is 0 Å². The van der Waals surface area contributed by atoms with Gasteiger partial charge < -0.3 is 19.5 Å². The fourth-order valence-corrected chi connectivity index (χ4v) is 3.45. The van der Waals surface area contributed by atoms with Crippen molar-refractivity contribution >= 4 is 23.2 Å². The van der Waals surface area contributed by atoms with Crippen molar-refractivity contribution in [3.8, 4) is 11.5 Å². The predicted molar refractivity (Wildman–Crippen MR) is 104 cm³/mol. The van der Waals surface area contributed by atoms with E-state index in [0.717, 1.165) is 43.7 Å². The molecule has 0 amide bonds. The first kappa shape index (κ1) is 19.3. The maximum Gasteiger partial charge on any atom is 0.161 e. The molecule has 1 saturated heterocycles. The number of methoxy groups -OCH3 is 1. The second-order valence-corrected chi connectivity index (χ2v) is 7.05. The van der Waals surface area contributed by atoms with Gasteiger partial charge in [0.1, 0.15) is 6.61 Å². The molecule has 1 atom stereocenters. The van der Waals surface area contributed by atoms with Crippen molar-refractivity contribution in [2.24, 2.45) is 0 Å². The molecule has 0 aromatic heterocycles. The summed E-state index contributed by atoms with van der Waals surface area (Å²) in [6, 6.07) is 11.3. The van der Waals surface area contributed by atoms with Crippen LogP contribution >= 0.6 is 23.2 Å². The Morgan fingerprint density at radius 2 is 1.96 bits per heavy atom. The zero-order valence-corrected chi connectivity index (χ0v) is 16.3. The van der Waals surface area contributed by atoms with E-state index in [1.807, 2.05) is 24.3 Å². The van der Waals surface area contributed by atoms with Gasteiger partial charge in [0.15, 0.2) is 11.5 Å². The molecule has 1 aliphatic rings. The van der Waals surface area contributed by atoms with E-state index in [9.17, 15) is 0 Å². The van der Waals surface area contributed by atoms with Gasteiger partial charge in [0.2, 0.25) is 0 Å². The third-order valence-corrected chi connectivity index (χ3v) is 5.10. The van der Waals surface area contributed by atoms with E-state index >= 15 is 0 Å². The van der Waals surface area contributed by atoms with Crippen LogP contribution in [-0.2, 0) is 17.9 Å². The lowest BCUT2D eigenvalue weighted by Crippen LogP contribution is -2.25. The minimum atomic E-state index is 0.283. The van der Waals surface area contributed by atoms with Gasteiger partial charge in [-0.25, -0.2) is 0 Å². The minimum absolute atomic E-state index is 0.283.